The van der Waals surface area contributed by atoms with E-state index in [2.05, 4.69) is 32.8 Å². The number of anilines is 1. The minimum Gasteiger partial charge on any atom is -0.381 e. The second-order valence-corrected chi connectivity index (χ2v) is 7.72. The Morgan fingerprint density at radius 3 is 2.96 bits per heavy atom. The lowest BCUT2D eigenvalue weighted by molar-refractivity contribution is -0.137. The van der Waals surface area contributed by atoms with E-state index in [0.29, 0.717) is 13.2 Å². The number of hydrogen-bond donors (Lipinski definition) is 1. The van der Waals surface area contributed by atoms with Gasteiger partial charge in [0.1, 0.15) is 5.82 Å². The van der Waals surface area contributed by atoms with Crippen molar-refractivity contribution in [2.45, 2.75) is 38.1 Å². The number of hydrogen-bond acceptors (Lipinski definition) is 5. The Kier molecular flexibility index (Phi) is 3.93. The minimum atomic E-state index is -0.195. The highest BCUT2D eigenvalue weighted by atomic mass is 16.5. The highest BCUT2D eigenvalue weighted by Gasteiger charge is 2.44. The van der Waals surface area contributed by atoms with Gasteiger partial charge in [-0.15, -0.1) is 0 Å². The number of nitrogens with zero attached hydrogens (tertiary/aromatic N) is 4. The number of piperidine rings is 1. The fourth-order valence-corrected chi connectivity index (χ4v) is 4.69. The third-order valence-electron chi connectivity index (χ3n) is 6.22. The van der Waals surface area contributed by atoms with E-state index in [1.807, 2.05) is 23.4 Å². The summed E-state index contributed by atoms with van der Waals surface area (Å²) < 4.78 is 7.62. The Balaban J connectivity index is 1.45. The van der Waals surface area contributed by atoms with Crippen LogP contribution in [0.1, 0.15) is 37.7 Å². The zero-order chi connectivity index (χ0) is 18.4. The Morgan fingerprint density at radius 1 is 1.37 bits per heavy atom. The molecular formula is C20H25N5O2. The molecule has 7 nitrogen and oxygen atoms in total. The van der Waals surface area contributed by atoms with Crippen molar-refractivity contribution in [3.63, 3.8) is 0 Å². The van der Waals surface area contributed by atoms with E-state index in [-0.39, 0.29) is 17.4 Å². The number of carbonyl (C=O) groups excluding carboxylic acids is 1. The van der Waals surface area contributed by atoms with Crippen molar-refractivity contribution in [2.24, 2.45) is 5.92 Å². The van der Waals surface area contributed by atoms with Crippen LogP contribution in [0, 0.1) is 5.92 Å². The van der Waals surface area contributed by atoms with Gasteiger partial charge in [-0.3, -0.25) is 9.36 Å². The quantitative estimate of drug-likeness (QED) is 0.880. The van der Waals surface area contributed by atoms with Gasteiger partial charge in [-0.25, -0.2) is 9.97 Å². The van der Waals surface area contributed by atoms with Crippen molar-refractivity contribution < 1.29 is 9.53 Å². The normalized spacial score (nSPS) is 23.0. The first-order chi connectivity index (χ1) is 13.2. The van der Waals surface area contributed by atoms with Gasteiger partial charge < -0.3 is 15.0 Å². The van der Waals surface area contributed by atoms with Crippen LogP contribution in [-0.4, -0.2) is 51.6 Å². The molecule has 1 unspecified atom stereocenters. The van der Waals surface area contributed by atoms with Crippen LogP contribution in [0.4, 0.5) is 5.69 Å². The largest absolute Gasteiger partial charge is 0.381 e. The molecule has 0 saturated carbocycles. The molecule has 27 heavy (non-hydrogen) atoms. The average molecular weight is 367 g/mol. The molecule has 1 spiro atoms. The SMILES string of the molecule is CCc1ncc2n1-c1ncccc1NC21CCN(C(=O)C2CCOC2)CC1. The summed E-state index contributed by atoms with van der Waals surface area (Å²) in [6.07, 6.45) is 7.27. The van der Waals surface area contributed by atoms with Gasteiger partial charge in [0.15, 0.2) is 5.82 Å². The van der Waals surface area contributed by atoms with Crippen molar-refractivity contribution in [2.75, 3.05) is 31.6 Å². The minimum absolute atomic E-state index is 0.0421. The summed E-state index contributed by atoms with van der Waals surface area (Å²) in [6.45, 7) is 4.91. The van der Waals surface area contributed by atoms with Crippen LogP contribution in [0.25, 0.3) is 5.82 Å². The number of amides is 1. The Bertz CT molecular complexity index is 863. The highest BCUT2D eigenvalue weighted by Crippen LogP contribution is 2.43. The standard InChI is InChI=1S/C20H25N5O2/c1-2-17-22-12-16-20(23-15-4-3-8-21-18(15)25(16)17)6-9-24(10-7-20)19(26)14-5-11-27-13-14/h3-4,8,12,14,23H,2,5-7,9-11,13H2,1H3. The zero-order valence-corrected chi connectivity index (χ0v) is 15.6. The summed E-state index contributed by atoms with van der Waals surface area (Å²) >= 11 is 0. The molecule has 2 aromatic heterocycles. The lowest BCUT2D eigenvalue weighted by atomic mass is 9.82. The fraction of sp³-hybridized carbons (Fsp3) is 0.550. The first kappa shape index (κ1) is 16.7. The molecule has 0 radical (unpaired) electrons. The zero-order valence-electron chi connectivity index (χ0n) is 15.6. The van der Waals surface area contributed by atoms with Crippen LogP contribution >= 0.6 is 0 Å². The number of carbonyl (C=O) groups is 1. The smallest absolute Gasteiger partial charge is 0.228 e. The van der Waals surface area contributed by atoms with E-state index in [1.165, 1.54) is 5.69 Å². The van der Waals surface area contributed by atoms with Crippen LogP contribution in [0.3, 0.4) is 0 Å². The monoisotopic (exact) mass is 367 g/mol. The first-order valence-corrected chi connectivity index (χ1v) is 9.89. The Labute approximate surface area is 158 Å². The molecular weight excluding hydrogens is 342 g/mol. The lowest BCUT2D eigenvalue weighted by Crippen LogP contribution is -2.52. The molecule has 1 N–H and O–H groups in total. The Hall–Kier alpha value is -2.41. The molecule has 3 aliphatic heterocycles. The highest BCUT2D eigenvalue weighted by molar-refractivity contribution is 5.79. The number of imidazole rings is 1. The van der Waals surface area contributed by atoms with E-state index in [9.17, 15) is 4.79 Å². The molecule has 0 bridgehead atoms. The predicted octanol–water partition coefficient (Wildman–Crippen LogP) is 2.11. The molecule has 0 aliphatic carbocycles. The maximum Gasteiger partial charge on any atom is 0.228 e. The number of likely N-dealkylation sites (tertiary alicyclic amines) is 1. The van der Waals surface area contributed by atoms with Gasteiger partial charge in [-0.05, 0) is 31.4 Å². The van der Waals surface area contributed by atoms with Gasteiger partial charge in [0, 0.05) is 32.3 Å². The van der Waals surface area contributed by atoms with Gasteiger partial charge >= 0.3 is 0 Å². The number of aromatic nitrogens is 3. The first-order valence-electron chi connectivity index (χ1n) is 9.89. The van der Waals surface area contributed by atoms with Crippen LogP contribution in [0.2, 0.25) is 0 Å². The molecule has 2 fully saturated rings. The van der Waals surface area contributed by atoms with Crippen molar-refractivity contribution >= 4 is 11.6 Å². The number of aryl methyl sites for hydroxylation is 1. The topological polar surface area (TPSA) is 72.3 Å². The molecule has 5 heterocycles. The van der Waals surface area contributed by atoms with Gasteiger partial charge in [0.05, 0.1) is 35.6 Å². The summed E-state index contributed by atoms with van der Waals surface area (Å²) in [6, 6.07) is 4.05. The summed E-state index contributed by atoms with van der Waals surface area (Å²) in [5.41, 5.74) is 2.02. The van der Waals surface area contributed by atoms with Gasteiger partial charge in [0.2, 0.25) is 5.91 Å². The summed E-state index contributed by atoms with van der Waals surface area (Å²) in [7, 11) is 0. The molecule has 7 heteroatoms. The molecule has 1 atom stereocenters. The fourth-order valence-electron chi connectivity index (χ4n) is 4.69. The molecule has 3 aliphatic rings. The van der Waals surface area contributed by atoms with E-state index >= 15 is 0 Å². The van der Waals surface area contributed by atoms with E-state index in [0.717, 1.165) is 56.1 Å². The predicted molar refractivity (Wildman–Crippen MR) is 101 cm³/mol. The number of rotatable bonds is 2. The van der Waals surface area contributed by atoms with Crippen molar-refractivity contribution in [3.05, 3.63) is 36.0 Å². The number of pyridine rings is 1. The van der Waals surface area contributed by atoms with E-state index in [4.69, 9.17) is 4.74 Å². The van der Waals surface area contributed by atoms with Crippen LogP contribution in [0.15, 0.2) is 24.5 Å². The van der Waals surface area contributed by atoms with Gasteiger partial charge in [-0.2, -0.15) is 0 Å². The molecule has 0 aromatic carbocycles. The molecule has 2 saturated heterocycles. The van der Waals surface area contributed by atoms with E-state index < -0.39 is 0 Å². The summed E-state index contributed by atoms with van der Waals surface area (Å²) in [5.74, 6) is 2.25. The second-order valence-electron chi connectivity index (χ2n) is 7.72. The van der Waals surface area contributed by atoms with Crippen molar-refractivity contribution in [1.29, 1.82) is 0 Å². The molecule has 2 aromatic rings. The number of nitrogens with one attached hydrogen (secondary N) is 1. The van der Waals surface area contributed by atoms with Crippen molar-refractivity contribution in [1.82, 2.24) is 19.4 Å². The summed E-state index contributed by atoms with van der Waals surface area (Å²) in [4.78, 5) is 24.0. The molecule has 1 amide bonds. The Morgan fingerprint density at radius 2 is 2.22 bits per heavy atom. The molecule has 142 valence electrons. The van der Waals surface area contributed by atoms with Gasteiger partial charge in [-0.1, -0.05) is 6.92 Å². The lowest BCUT2D eigenvalue weighted by Gasteiger charge is -2.46. The number of ether oxygens (including phenoxy) is 1. The average Bonchev–Trinajstić information content (AvgIpc) is 3.39. The van der Waals surface area contributed by atoms with Gasteiger partial charge in [0.25, 0.3) is 0 Å². The third kappa shape index (κ3) is 2.56. The number of fused-ring (bicyclic) bond motifs is 4. The summed E-state index contributed by atoms with van der Waals surface area (Å²) in [5, 5.41) is 3.75. The van der Waals surface area contributed by atoms with Crippen LogP contribution < -0.4 is 5.32 Å². The molecule has 5 rings (SSSR count). The van der Waals surface area contributed by atoms with Crippen LogP contribution in [-0.2, 0) is 21.5 Å². The van der Waals surface area contributed by atoms with Crippen LogP contribution in [0.5, 0.6) is 0 Å². The van der Waals surface area contributed by atoms with E-state index in [1.54, 1.807) is 0 Å². The maximum absolute atomic E-state index is 12.8. The van der Waals surface area contributed by atoms with Crippen molar-refractivity contribution in [3.8, 4) is 5.82 Å². The maximum atomic E-state index is 12.8. The third-order valence-corrected chi connectivity index (χ3v) is 6.22. The second kappa shape index (κ2) is 6.34.